The number of hydrogen-bond acceptors (Lipinski definition) is 6. The van der Waals surface area contributed by atoms with Gasteiger partial charge in [-0.1, -0.05) is 6.07 Å². The Balaban J connectivity index is 1.70. The topological polar surface area (TPSA) is 93.2 Å². The highest BCUT2D eigenvalue weighted by Gasteiger charge is 2.10. The van der Waals surface area contributed by atoms with Crippen LogP contribution in [0.2, 0.25) is 0 Å². The second-order valence-electron chi connectivity index (χ2n) is 6.43. The fraction of sp³-hybridized carbons (Fsp3) is 0.182. The van der Waals surface area contributed by atoms with E-state index < -0.39 is 5.97 Å². The molecule has 2 aromatic carbocycles. The van der Waals surface area contributed by atoms with Crippen LogP contribution in [0.1, 0.15) is 39.0 Å². The van der Waals surface area contributed by atoms with Crippen LogP contribution in [0.25, 0.3) is 0 Å². The summed E-state index contributed by atoms with van der Waals surface area (Å²) in [5.74, 6) is -0.175. The Hall–Kier alpha value is -3.74. The fourth-order valence-electron chi connectivity index (χ4n) is 2.76. The number of amides is 1. The van der Waals surface area contributed by atoms with Crippen LogP contribution in [0.5, 0.6) is 0 Å². The van der Waals surface area contributed by atoms with Gasteiger partial charge in [-0.15, -0.1) is 0 Å². The molecule has 0 bridgehead atoms. The van der Waals surface area contributed by atoms with Gasteiger partial charge in [0.05, 0.1) is 12.2 Å². The van der Waals surface area contributed by atoms with E-state index >= 15 is 0 Å². The second-order valence-corrected chi connectivity index (χ2v) is 6.43. The maximum atomic E-state index is 12.6. The van der Waals surface area contributed by atoms with Gasteiger partial charge in [0.25, 0.3) is 5.91 Å². The molecule has 0 spiro atoms. The number of ether oxygens (including phenoxy) is 1. The molecule has 2 N–H and O–H groups in total. The molecule has 0 unspecified atom stereocenters. The van der Waals surface area contributed by atoms with Crippen molar-refractivity contribution < 1.29 is 14.3 Å². The Morgan fingerprint density at radius 3 is 2.24 bits per heavy atom. The third-order valence-electron chi connectivity index (χ3n) is 4.02. The number of esters is 1. The summed E-state index contributed by atoms with van der Waals surface area (Å²) in [7, 11) is 0. The first-order valence-electron chi connectivity index (χ1n) is 9.22. The Morgan fingerprint density at radius 1 is 0.897 bits per heavy atom. The maximum absolute atomic E-state index is 12.6. The first-order chi connectivity index (χ1) is 13.9. The summed E-state index contributed by atoms with van der Waals surface area (Å²) in [6, 6.07) is 15.5. The number of nitrogens with one attached hydrogen (secondary N) is 2. The largest absolute Gasteiger partial charge is 0.462 e. The third kappa shape index (κ3) is 5.38. The first kappa shape index (κ1) is 20.0. The summed E-state index contributed by atoms with van der Waals surface area (Å²) in [5.41, 5.74) is 3.93. The molecule has 0 aliphatic rings. The SMILES string of the molecule is CCOC(=O)c1ccc(NC(=O)c2cccc(Nc3nc(C)cc(C)n3)c2)cc1. The summed E-state index contributed by atoms with van der Waals surface area (Å²) in [6.45, 7) is 5.87. The Morgan fingerprint density at radius 2 is 1.59 bits per heavy atom. The molecule has 1 heterocycles. The molecule has 7 nitrogen and oxygen atoms in total. The number of nitrogens with zero attached hydrogens (tertiary/aromatic N) is 2. The van der Waals surface area contributed by atoms with E-state index in [2.05, 4.69) is 20.6 Å². The highest BCUT2D eigenvalue weighted by atomic mass is 16.5. The van der Waals surface area contributed by atoms with Gasteiger partial charge in [-0.05, 0) is 69.3 Å². The van der Waals surface area contributed by atoms with Crippen molar-refractivity contribution in [2.75, 3.05) is 17.2 Å². The van der Waals surface area contributed by atoms with Gasteiger partial charge in [0.1, 0.15) is 0 Å². The van der Waals surface area contributed by atoms with Crippen molar-refractivity contribution in [3.05, 3.63) is 77.1 Å². The van der Waals surface area contributed by atoms with Crippen LogP contribution in [0.3, 0.4) is 0 Å². The molecule has 0 atom stereocenters. The predicted octanol–water partition coefficient (Wildman–Crippen LogP) is 4.27. The standard InChI is InChI=1S/C22H22N4O3/c1-4-29-21(28)16-8-10-18(11-9-16)25-20(27)17-6-5-7-19(13-17)26-22-23-14(2)12-15(3)24-22/h5-13H,4H2,1-3H3,(H,25,27)(H,23,24,26). The number of carbonyl (C=O) groups excluding carboxylic acids is 2. The monoisotopic (exact) mass is 390 g/mol. The Kier molecular flexibility index (Phi) is 6.19. The lowest BCUT2D eigenvalue weighted by Gasteiger charge is -2.09. The van der Waals surface area contributed by atoms with Gasteiger partial charge in [0.2, 0.25) is 5.95 Å². The number of rotatable bonds is 6. The van der Waals surface area contributed by atoms with E-state index in [4.69, 9.17) is 4.74 Å². The summed E-state index contributed by atoms with van der Waals surface area (Å²) < 4.78 is 4.95. The second kappa shape index (κ2) is 8.97. The molecule has 1 amide bonds. The minimum atomic E-state index is -0.391. The van der Waals surface area contributed by atoms with Crippen LogP contribution < -0.4 is 10.6 Å². The van der Waals surface area contributed by atoms with Crippen molar-refractivity contribution in [1.29, 1.82) is 0 Å². The molecule has 3 rings (SSSR count). The van der Waals surface area contributed by atoms with Gasteiger partial charge in [0, 0.05) is 28.3 Å². The molecule has 29 heavy (non-hydrogen) atoms. The van der Waals surface area contributed by atoms with Gasteiger partial charge in [-0.25, -0.2) is 14.8 Å². The van der Waals surface area contributed by atoms with Crippen LogP contribution in [0.4, 0.5) is 17.3 Å². The smallest absolute Gasteiger partial charge is 0.338 e. The van der Waals surface area contributed by atoms with Gasteiger partial charge >= 0.3 is 5.97 Å². The van der Waals surface area contributed by atoms with E-state index in [9.17, 15) is 9.59 Å². The molecule has 0 aliphatic carbocycles. The minimum absolute atomic E-state index is 0.265. The highest BCUT2D eigenvalue weighted by Crippen LogP contribution is 2.17. The van der Waals surface area contributed by atoms with Crippen molar-refractivity contribution in [3.63, 3.8) is 0 Å². The lowest BCUT2D eigenvalue weighted by Crippen LogP contribution is -2.12. The number of anilines is 3. The molecule has 0 saturated heterocycles. The van der Waals surface area contributed by atoms with Crippen LogP contribution in [-0.2, 0) is 4.74 Å². The van der Waals surface area contributed by atoms with Gasteiger partial charge in [-0.3, -0.25) is 4.79 Å². The summed E-state index contributed by atoms with van der Waals surface area (Å²) in [4.78, 5) is 33.0. The lowest BCUT2D eigenvalue weighted by atomic mass is 10.1. The van der Waals surface area contributed by atoms with Crippen LogP contribution in [-0.4, -0.2) is 28.5 Å². The molecule has 0 saturated carbocycles. The molecular formula is C22H22N4O3. The molecule has 3 aromatic rings. The van der Waals surface area contributed by atoms with Crippen LogP contribution in [0, 0.1) is 13.8 Å². The van der Waals surface area contributed by atoms with E-state index in [0.29, 0.717) is 35.1 Å². The van der Waals surface area contributed by atoms with Crippen molar-refractivity contribution in [2.45, 2.75) is 20.8 Å². The quantitative estimate of drug-likeness (QED) is 0.611. The first-order valence-corrected chi connectivity index (χ1v) is 9.22. The summed E-state index contributed by atoms with van der Waals surface area (Å²) in [6.07, 6.45) is 0. The van der Waals surface area contributed by atoms with Gasteiger partial charge in [-0.2, -0.15) is 0 Å². The molecule has 1 aromatic heterocycles. The summed E-state index contributed by atoms with van der Waals surface area (Å²) in [5, 5.41) is 5.94. The number of benzene rings is 2. The van der Waals surface area contributed by atoms with Crippen LogP contribution in [0.15, 0.2) is 54.6 Å². The van der Waals surface area contributed by atoms with Crippen molar-refractivity contribution in [2.24, 2.45) is 0 Å². The zero-order valence-electron chi connectivity index (χ0n) is 16.5. The van der Waals surface area contributed by atoms with Crippen molar-refractivity contribution in [1.82, 2.24) is 9.97 Å². The lowest BCUT2D eigenvalue weighted by molar-refractivity contribution is 0.0526. The van der Waals surface area contributed by atoms with Crippen LogP contribution >= 0.6 is 0 Å². The molecule has 0 aliphatic heterocycles. The average molecular weight is 390 g/mol. The molecule has 148 valence electrons. The maximum Gasteiger partial charge on any atom is 0.338 e. The van der Waals surface area contributed by atoms with Gasteiger partial charge < -0.3 is 15.4 Å². The van der Waals surface area contributed by atoms with E-state index in [0.717, 1.165) is 11.4 Å². The minimum Gasteiger partial charge on any atom is -0.462 e. The Bertz CT molecular complexity index is 1010. The molecular weight excluding hydrogens is 368 g/mol. The zero-order chi connectivity index (χ0) is 20.8. The molecule has 7 heteroatoms. The summed E-state index contributed by atoms with van der Waals surface area (Å²) >= 11 is 0. The number of carbonyl (C=O) groups is 2. The predicted molar refractivity (Wildman–Crippen MR) is 112 cm³/mol. The number of aryl methyl sites for hydroxylation is 2. The fourth-order valence-corrected chi connectivity index (χ4v) is 2.76. The third-order valence-corrected chi connectivity index (χ3v) is 4.02. The number of aromatic nitrogens is 2. The van der Waals surface area contributed by atoms with Crippen molar-refractivity contribution >= 4 is 29.2 Å². The van der Waals surface area contributed by atoms with E-state index in [1.807, 2.05) is 26.0 Å². The van der Waals surface area contributed by atoms with E-state index in [1.165, 1.54) is 0 Å². The van der Waals surface area contributed by atoms with Crippen molar-refractivity contribution in [3.8, 4) is 0 Å². The molecule has 0 fully saturated rings. The molecule has 0 radical (unpaired) electrons. The van der Waals surface area contributed by atoms with E-state index in [1.54, 1.807) is 49.4 Å². The van der Waals surface area contributed by atoms with E-state index in [-0.39, 0.29) is 5.91 Å². The highest BCUT2D eigenvalue weighted by molar-refractivity contribution is 6.05. The van der Waals surface area contributed by atoms with Gasteiger partial charge in [0.15, 0.2) is 0 Å². The number of hydrogen-bond donors (Lipinski definition) is 2. The zero-order valence-corrected chi connectivity index (χ0v) is 16.5. The Labute approximate surface area is 169 Å². The average Bonchev–Trinajstić information content (AvgIpc) is 2.68. The normalized spacial score (nSPS) is 10.3.